The highest BCUT2D eigenvalue weighted by atomic mass is 35.5. The number of halogens is 1. The third kappa shape index (κ3) is 5.24. The molecule has 0 bridgehead atoms. The van der Waals surface area contributed by atoms with E-state index >= 15 is 0 Å². The van der Waals surface area contributed by atoms with E-state index in [1.54, 1.807) is 6.92 Å². The minimum absolute atomic E-state index is 0.218. The molecule has 2 heterocycles. The zero-order valence-corrected chi connectivity index (χ0v) is 18.4. The van der Waals surface area contributed by atoms with Gasteiger partial charge < -0.3 is 25.4 Å². The maximum atomic E-state index is 12.9. The molecule has 2 saturated heterocycles. The summed E-state index contributed by atoms with van der Waals surface area (Å²) in [6.45, 7) is 4.61. The standard InChI is InChI=1S/C18H33ClN2O6S/c1-5-6-10-7-11(21(3)8-10)17(25)20-12(9(2)19)16-14(23)13(22)15(24)18(27-16)28(4)26/h9-16,18,22-24H,5-8H2,1-4H3,(H,20,25)/t9-,10+,11+,12+,13+,14+,15-,16-,18+,28+/m0/s1. The Morgan fingerprint density at radius 1 is 1.32 bits per heavy atom. The van der Waals surface area contributed by atoms with Crippen LogP contribution in [-0.2, 0) is 20.3 Å². The van der Waals surface area contributed by atoms with E-state index in [4.69, 9.17) is 16.3 Å². The molecule has 10 heteroatoms. The molecule has 2 rings (SSSR count). The van der Waals surface area contributed by atoms with Gasteiger partial charge in [-0.3, -0.25) is 13.9 Å². The van der Waals surface area contributed by atoms with Crippen LogP contribution in [0.1, 0.15) is 33.1 Å². The Morgan fingerprint density at radius 2 is 1.96 bits per heavy atom. The minimum Gasteiger partial charge on any atom is -0.388 e. The number of amides is 1. The van der Waals surface area contributed by atoms with Gasteiger partial charge in [-0.05, 0) is 32.7 Å². The lowest BCUT2D eigenvalue weighted by atomic mass is 9.92. The number of carbonyl (C=O) groups excluding carboxylic acids is 1. The molecule has 0 aromatic rings. The first-order valence-corrected chi connectivity index (χ1v) is 11.8. The number of hydrogen-bond acceptors (Lipinski definition) is 7. The van der Waals surface area contributed by atoms with Crippen LogP contribution in [0.15, 0.2) is 0 Å². The van der Waals surface area contributed by atoms with E-state index in [9.17, 15) is 24.3 Å². The first-order valence-electron chi connectivity index (χ1n) is 9.75. The van der Waals surface area contributed by atoms with Gasteiger partial charge in [-0.25, -0.2) is 0 Å². The highest BCUT2D eigenvalue weighted by Gasteiger charge is 2.49. The topological polar surface area (TPSA) is 119 Å². The first-order chi connectivity index (χ1) is 13.1. The van der Waals surface area contributed by atoms with Crippen LogP contribution >= 0.6 is 11.6 Å². The second-order valence-corrected chi connectivity index (χ2v) is 10.1. The summed E-state index contributed by atoms with van der Waals surface area (Å²) in [6.07, 6.45) is -1.41. The Bertz CT molecular complexity index is 568. The third-order valence-electron chi connectivity index (χ3n) is 5.73. The van der Waals surface area contributed by atoms with E-state index in [2.05, 4.69) is 12.2 Å². The summed E-state index contributed by atoms with van der Waals surface area (Å²) in [4.78, 5) is 14.9. The molecule has 0 radical (unpaired) electrons. The van der Waals surface area contributed by atoms with Crippen molar-refractivity contribution in [2.45, 2.75) is 80.4 Å². The van der Waals surface area contributed by atoms with Crippen molar-refractivity contribution in [3.63, 3.8) is 0 Å². The lowest BCUT2D eigenvalue weighted by Crippen LogP contribution is -2.66. The van der Waals surface area contributed by atoms with Crippen LogP contribution in [0.3, 0.4) is 0 Å². The SMILES string of the molecule is CCC[C@@H]1C[C@H](C(=O)N[C@@H]([C@@H]2O[C@H]([S@@](C)=O)[C@@H](O)[C@H](O)[C@H]2O)[C@H](C)Cl)N(C)C1. The van der Waals surface area contributed by atoms with Gasteiger partial charge in [0, 0.05) is 12.8 Å². The summed E-state index contributed by atoms with van der Waals surface area (Å²) in [5.41, 5.74) is -1.18. The molecule has 1 amide bonds. The molecule has 0 saturated carbocycles. The number of likely N-dealkylation sites (N-methyl/N-ethyl adjacent to an activating group) is 1. The highest BCUT2D eigenvalue weighted by Crippen LogP contribution is 2.29. The molecule has 10 atom stereocenters. The second kappa shape index (κ2) is 10.1. The molecule has 4 N–H and O–H groups in total. The molecule has 0 aliphatic carbocycles. The van der Waals surface area contributed by atoms with Crippen molar-refractivity contribution in [3.05, 3.63) is 0 Å². The van der Waals surface area contributed by atoms with Gasteiger partial charge in [-0.15, -0.1) is 11.6 Å². The van der Waals surface area contributed by atoms with Gasteiger partial charge >= 0.3 is 0 Å². The van der Waals surface area contributed by atoms with Crippen molar-refractivity contribution >= 4 is 28.3 Å². The zero-order chi connectivity index (χ0) is 21.2. The molecule has 2 fully saturated rings. The van der Waals surface area contributed by atoms with Gasteiger partial charge in [0.05, 0.1) is 28.3 Å². The average molecular weight is 441 g/mol. The monoisotopic (exact) mass is 440 g/mol. The summed E-state index contributed by atoms with van der Waals surface area (Å²) in [6, 6.07) is -1.13. The Hall–Kier alpha value is -0.290. The van der Waals surface area contributed by atoms with Crippen LogP contribution in [-0.4, -0.2) is 97.5 Å². The van der Waals surface area contributed by atoms with Crippen molar-refractivity contribution in [1.29, 1.82) is 0 Å². The fourth-order valence-electron chi connectivity index (χ4n) is 4.19. The fraction of sp³-hybridized carbons (Fsp3) is 0.944. The molecule has 8 nitrogen and oxygen atoms in total. The molecular formula is C18H33ClN2O6S. The Morgan fingerprint density at radius 3 is 2.50 bits per heavy atom. The van der Waals surface area contributed by atoms with Gasteiger partial charge in [0.25, 0.3) is 0 Å². The number of nitrogens with zero attached hydrogens (tertiary/aromatic N) is 1. The Balaban J connectivity index is 2.14. The zero-order valence-electron chi connectivity index (χ0n) is 16.8. The van der Waals surface area contributed by atoms with Crippen molar-refractivity contribution in [2.24, 2.45) is 5.92 Å². The van der Waals surface area contributed by atoms with Crippen molar-refractivity contribution in [1.82, 2.24) is 10.2 Å². The summed E-state index contributed by atoms with van der Waals surface area (Å²) < 4.78 is 17.5. The molecule has 0 spiro atoms. The summed E-state index contributed by atoms with van der Waals surface area (Å²) >= 11 is 6.28. The number of likely N-dealkylation sites (tertiary alicyclic amines) is 1. The maximum absolute atomic E-state index is 12.9. The molecule has 2 aliphatic heterocycles. The predicted molar refractivity (Wildman–Crippen MR) is 107 cm³/mol. The first kappa shape index (κ1) is 24.0. The van der Waals surface area contributed by atoms with Gasteiger partial charge in [-0.1, -0.05) is 13.3 Å². The molecular weight excluding hydrogens is 408 g/mol. The summed E-state index contributed by atoms with van der Waals surface area (Å²) in [7, 11) is 0.301. The number of carbonyl (C=O) groups is 1. The molecule has 28 heavy (non-hydrogen) atoms. The number of aliphatic hydroxyl groups excluding tert-OH is 3. The smallest absolute Gasteiger partial charge is 0.237 e. The molecule has 164 valence electrons. The van der Waals surface area contributed by atoms with Crippen LogP contribution in [0.25, 0.3) is 0 Å². The molecule has 0 aromatic carbocycles. The van der Waals surface area contributed by atoms with E-state index < -0.39 is 52.1 Å². The fourth-order valence-corrected chi connectivity index (χ4v) is 5.24. The third-order valence-corrected chi connectivity index (χ3v) is 7.04. The molecule has 0 aromatic heterocycles. The number of nitrogens with one attached hydrogen (secondary N) is 1. The average Bonchev–Trinajstić information content (AvgIpc) is 2.98. The van der Waals surface area contributed by atoms with E-state index in [0.29, 0.717) is 5.92 Å². The summed E-state index contributed by atoms with van der Waals surface area (Å²) in [5.74, 6) is 0.238. The Kier molecular flexibility index (Phi) is 8.69. The van der Waals surface area contributed by atoms with Crippen LogP contribution in [0.2, 0.25) is 0 Å². The van der Waals surface area contributed by atoms with Gasteiger partial charge in [0.2, 0.25) is 5.91 Å². The van der Waals surface area contributed by atoms with Gasteiger partial charge in [0.1, 0.15) is 24.4 Å². The lowest BCUT2D eigenvalue weighted by molar-refractivity contribution is -0.206. The van der Waals surface area contributed by atoms with E-state index in [0.717, 1.165) is 25.8 Å². The quantitative estimate of drug-likeness (QED) is 0.390. The van der Waals surface area contributed by atoms with Crippen molar-refractivity contribution < 1.29 is 29.1 Å². The van der Waals surface area contributed by atoms with Crippen LogP contribution < -0.4 is 5.32 Å². The number of aliphatic hydroxyl groups is 3. The van der Waals surface area contributed by atoms with Crippen molar-refractivity contribution in [3.8, 4) is 0 Å². The number of ether oxygens (including phenoxy) is 1. The Labute approximate surface area is 174 Å². The normalized spacial score (nSPS) is 40.1. The summed E-state index contributed by atoms with van der Waals surface area (Å²) in [5, 5.41) is 32.8. The number of hydrogen-bond donors (Lipinski definition) is 4. The van der Waals surface area contributed by atoms with E-state index in [1.165, 1.54) is 6.26 Å². The molecule has 0 unspecified atom stereocenters. The van der Waals surface area contributed by atoms with Crippen LogP contribution in [0, 0.1) is 5.92 Å². The van der Waals surface area contributed by atoms with Crippen LogP contribution in [0.4, 0.5) is 0 Å². The van der Waals surface area contributed by atoms with Crippen molar-refractivity contribution in [2.75, 3.05) is 19.8 Å². The maximum Gasteiger partial charge on any atom is 0.237 e. The largest absolute Gasteiger partial charge is 0.388 e. The predicted octanol–water partition coefficient (Wildman–Crippen LogP) is -0.595. The van der Waals surface area contributed by atoms with E-state index in [-0.39, 0.29) is 11.9 Å². The second-order valence-electron chi connectivity index (χ2n) is 8.00. The minimum atomic E-state index is -1.60. The van der Waals surface area contributed by atoms with Gasteiger partial charge in [0.15, 0.2) is 5.44 Å². The lowest BCUT2D eigenvalue weighted by Gasteiger charge is -2.43. The number of rotatable bonds is 7. The van der Waals surface area contributed by atoms with Crippen LogP contribution in [0.5, 0.6) is 0 Å². The van der Waals surface area contributed by atoms with E-state index in [1.807, 2.05) is 11.9 Å². The highest BCUT2D eigenvalue weighted by molar-refractivity contribution is 7.84. The number of alkyl halides is 1. The molecule has 2 aliphatic rings. The van der Waals surface area contributed by atoms with Gasteiger partial charge in [-0.2, -0.15) is 0 Å².